The lowest BCUT2D eigenvalue weighted by Crippen LogP contribution is -1.89. The summed E-state index contributed by atoms with van der Waals surface area (Å²) in [4.78, 5) is 6.07. The van der Waals surface area contributed by atoms with Crippen molar-refractivity contribution in [1.82, 2.24) is 0 Å². The molecular weight excluding hydrogens is 182 g/mol. The van der Waals surface area contributed by atoms with Crippen LogP contribution in [0.5, 0.6) is 0 Å². The van der Waals surface area contributed by atoms with E-state index in [1.54, 1.807) is 0 Å². The summed E-state index contributed by atoms with van der Waals surface area (Å²) < 4.78 is 0. The molecule has 0 bridgehead atoms. The van der Waals surface area contributed by atoms with Gasteiger partial charge in [0, 0.05) is 17.4 Å². The van der Waals surface area contributed by atoms with E-state index in [9.17, 15) is 0 Å². The van der Waals surface area contributed by atoms with E-state index in [4.69, 9.17) is 4.84 Å². The Balaban J connectivity index is 2.10. The van der Waals surface area contributed by atoms with Crippen LogP contribution in [0.2, 0.25) is 0 Å². The lowest BCUT2D eigenvalue weighted by molar-refractivity contribution is 0.148. The fraction of sp³-hybridized carbons (Fsp3) is 0.300. The number of hydrogen-bond acceptors (Lipinski definition) is 3. The van der Waals surface area contributed by atoms with Crippen LogP contribution in [-0.4, -0.2) is 19.1 Å². The highest BCUT2D eigenvalue weighted by molar-refractivity contribution is 7.99. The quantitative estimate of drug-likeness (QED) is 0.301. The van der Waals surface area contributed by atoms with Crippen LogP contribution < -0.4 is 0 Å². The van der Waals surface area contributed by atoms with Crippen molar-refractivity contribution in [2.45, 2.75) is 11.3 Å². The van der Waals surface area contributed by atoms with Crippen molar-refractivity contribution in [3.63, 3.8) is 0 Å². The van der Waals surface area contributed by atoms with Gasteiger partial charge in [-0.1, -0.05) is 18.2 Å². The van der Waals surface area contributed by atoms with Gasteiger partial charge in [0.05, 0.1) is 0 Å². The minimum absolute atomic E-state index is 0.656. The molecular formula is C10H13NOS. The van der Waals surface area contributed by atoms with E-state index in [0.717, 1.165) is 12.2 Å². The molecule has 13 heavy (non-hydrogen) atoms. The summed E-state index contributed by atoms with van der Waals surface area (Å²) in [7, 11) is 0. The van der Waals surface area contributed by atoms with E-state index in [0.29, 0.717) is 6.61 Å². The van der Waals surface area contributed by atoms with Gasteiger partial charge in [0.1, 0.15) is 6.61 Å². The molecule has 0 amide bonds. The zero-order chi connectivity index (χ0) is 9.36. The van der Waals surface area contributed by atoms with Crippen molar-refractivity contribution in [2.75, 3.05) is 12.4 Å². The van der Waals surface area contributed by atoms with Gasteiger partial charge in [-0.2, -0.15) is 0 Å². The summed E-state index contributed by atoms with van der Waals surface area (Å²) in [5.74, 6) is 1.06. The Morgan fingerprint density at radius 3 is 2.77 bits per heavy atom. The van der Waals surface area contributed by atoms with Crippen LogP contribution in [0.25, 0.3) is 0 Å². The molecule has 0 aromatic heterocycles. The predicted molar refractivity (Wildman–Crippen MR) is 57.3 cm³/mol. The van der Waals surface area contributed by atoms with Gasteiger partial charge in [-0.25, -0.2) is 0 Å². The Hall–Kier alpha value is -0.960. The molecule has 0 N–H and O–H groups in total. The number of thioether (sulfide) groups is 1. The Kier molecular flexibility index (Phi) is 5.10. The van der Waals surface area contributed by atoms with E-state index in [1.165, 1.54) is 4.90 Å². The maximum Gasteiger partial charge on any atom is 0.117 e. The summed E-state index contributed by atoms with van der Waals surface area (Å²) in [6.45, 7) is 3.89. The van der Waals surface area contributed by atoms with Crippen LogP contribution in [0, 0.1) is 0 Å². The summed E-state index contributed by atoms with van der Waals surface area (Å²) in [6.07, 6.45) is 0.999. The SMILES string of the molecule is C=NOCCCSc1ccccc1. The van der Waals surface area contributed by atoms with Gasteiger partial charge >= 0.3 is 0 Å². The molecule has 0 unspecified atom stereocenters. The molecule has 0 aliphatic heterocycles. The summed E-state index contributed by atoms with van der Waals surface area (Å²) in [5.41, 5.74) is 0. The first kappa shape index (κ1) is 10.1. The molecule has 0 heterocycles. The topological polar surface area (TPSA) is 21.6 Å². The predicted octanol–water partition coefficient (Wildman–Crippen LogP) is 2.80. The molecule has 2 nitrogen and oxygen atoms in total. The third kappa shape index (κ3) is 4.58. The average molecular weight is 195 g/mol. The van der Waals surface area contributed by atoms with Crippen molar-refractivity contribution in [2.24, 2.45) is 5.16 Å². The van der Waals surface area contributed by atoms with Crippen molar-refractivity contribution >= 4 is 18.5 Å². The zero-order valence-corrected chi connectivity index (χ0v) is 8.30. The molecule has 0 saturated heterocycles. The highest BCUT2D eigenvalue weighted by atomic mass is 32.2. The average Bonchev–Trinajstić information content (AvgIpc) is 2.19. The summed E-state index contributed by atoms with van der Waals surface area (Å²) >= 11 is 1.83. The van der Waals surface area contributed by atoms with Gasteiger partial charge in [-0.3, -0.25) is 0 Å². The molecule has 0 atom stereocenters. The largest absolute Gasteiger partial charge is 0.396 e. The van der Waals surface area contributed by atoms with Gasteiger partial charge in [0.25, 0.3) is 0 Å². The third-order valence-corrected chi connectivity index (χ3v) is 2.58. The highest BCUT2D eigenvalue weighted by Crippen LogP contribution is 2.17. The maximum atomic E-state index is 4.77. The third-order valence-electron chi connectivity index (χ3n) is 1.48. The van der Waals surface area contributed by atoms with Gasteiger partial charge in [-0.05, 0) is 18.6 Å². The number of rotatable bonds is 6. The molecule has 0 radical (unpaired) electrons. The maximum absolute atomic E-state index is 4.77. The second kappa shape index (κ2) is 6.54. The fourth-order valence-corrected chi connectivity index (χ4v) is 1.74. The number of hydrogen-bond donors (Lipinski definition) is 0. The first-order valence-corrected chi connectivity index (χ1v) is 5.18. The molecule has 1 aromatic carbocycles. The minimum atomic E-state index is 0.656. The lowest BCUT2D eigenvalue weighted by Gasteiger charge is -2.00. The van der Waals surface area contributed by atoms with Crippen LogP contribution in [0.1, 0.15) is 6.42 Å². The summed E-state index contributed by atoms with van der Waals surface area (Å²) in [5, 5.41) is 3.32. The monoisotopic (exact) mass is 195 g/mol. The van der Waals surface area contributed by atoms with Gasteiger partial charge in [-0.15, -0.1) is 16.9 Å². The molecule has 0 fully saturated rings. The fourth-order valence-electron chi connectivity index (χ4n) is 0.895. The second-order valence-corrected chi connectivity index (χ2v) is 3.65. The first-order chi connectivity index (χ1) is 6.43. The van der Waals surface area contributed by atoms with E-state index in [-0.39, 0.29) is 0 Å². The molecule has 3 heteroatoms. The van der Waals surface area contributed by atoms with Gasteiger partial charge < -0.3 is 4.84 Å². The first-order valence-electron chi connectivity index (χ1n) is 4.19. The molecule has 0 saturated carbocycles. The van der Waals surface area contributed by atoms with Crippen LogP contribution in [0.3, 0.4) is 0 Å². The number of benzene rings is 1. The van der Waals surface area contributed by atoms with Gasteiger partial charge in [0.15, 0.2) is 0 Å². The Morgan fingerprint density at radius 1 is 1.31 bits per heavy atom. The van der Waals surface area contributed by atoms with E-state index in [1.807, 2.05) is 30.0 Å². The lowest BCUT2D eigenvalue weighted by atomic mass is 10.4. The Morgan fingerprint density at radius 2 is 2.08 bits per heavy atom. The normalized spacial score (nSPS) is 9.54. The molecule has 0 spiro atoms. The molecule has 0 aliphatic carbocycles. The van der Waals surface area contributed by atoms with Crippen LogP contribution in [0.15, 0.2) is 40.4 Å². The smallest absolute Gasteiger partial charge is 0.117 e. The van der Waals surface area contributed by atoms with Crippen LogP contribution in [0.4, 0.5) is 0 Å². The molecule has 1 rings (SSSR count). The van der Waals surface area contributed by atoms with Crippen molar-refractivity contribution in [3.05, 3.63) is 30.3 Å². The second-order valence-electron chi connectivity index (χ2n) is 2.48. The van der Waals surface area contributed by atoms with E-state index in [2.05, 4.69) is 24.0 Å². The van der Waals surface area contributed by atoms with Crippen LogP contribution >= 0.6 is 11.8 Å². The minimum Gasteiger partial charge on any atom is -0.396 e. The molecule has 70 valence electrons. The van der Waals surface area contributed by atoms with Crippen molar-refractivity contribution < 1.29 is 4.84 Å². The van der Waals surface area contributed by atoms with E-state index < -0.39 is 0 Å². The van der Waals surface area contributed by atoms with Crippen LogP contribution in [-0.2, 0) is 4.84 Å². The molecule has 1 aromatic rings. The van der Waals surface area contributed by atoms with E-state index >= 15 is 0 Å². The zero-order valence-electron chi connectivity index (χ0n) is 7.48. The van der Waals surface area contributed by atoms with Crippen molar-refractivity contribution in [3.8, 4) is 0 Å². The number of oxime groups is 1. The Labute approximate surface area is 83.0 Å². The molecule has 0 aliphatic rings. The summed E-state index contributed by atoms with van der Waals surface area (Å²) in [6, 6.07) is 10.3. The standard InChI is InChI=1S/C10H13NOS/c1-11-12-8-5-9-13-10-6-3-2-4-7-10/h2-4,6-7H,1,5,8-9H2. The Bertz CT molecular complexity index is 238. The van der Waals surface area contributed by atoms with Gasteiger partial charge in [0.2, 0.25) is 0 Å². The van der Waals surface area contributed by atoms with Crippen molar-refractivity contribution in [1.29, 1.82) is 0 Å². The number of nitrogens with zero attached hydrogens (tertiary/aromatic N) is 1. The highest BCUT2D eigenvalue weighted by Gasteiger charge is 1.92.